The van der Waals surface area contributed by atoms with E-state index in [0.29, 0.717) is 13.0 Å². The summed E-state index contributed by atoms with van der Waals surface area (Å²) in [5.74, 6) is 3.94. The van der Waals surface area contributed by atoms with Crippen LogP contribution >= 0.6 is 0 Å². The smallest absolute Gasteiger partial charge is 0.410 e. The molecule has 1 aliphatic rings. The molecule has 0 aromatic rings. The van der Waals surface area contributed by atoms with Crippen molar-refractivity contribution in [1.29, 1.82) is 0 Å². The summed E-state index contributed by atoms with van der Waals surface area (Å²) < 4.78 is 5.28. The van der Waals surface area contributed by atoms with Crippen LogP contribution in [0.4, 0.5) is 4.79 Å². The van der Waals surface area contributed by atoms with E-state index in [0.717, 1.165) is 0 Å². The molecule has 106 valence electrons. The number of likely N-dealkylation sites (tertiary alicyclic amines) is 1. The molecule has 1 rings (SSSR count). The largest absolute Gasteiger partial charge is 0.444 e. The van der Waals surface area contributed by atoms with Crippen LogP contribution in [0.2, 0.25) is 0 Å². The van der Waals surface area contributed by atoms with Crippen molar-refractivity contribution in [2.75, 3.05) is 19.3 Å². The summed E-state index contributed by atoms with van der Waals surface area (Å²) in [5, 5.41) is 16.1. The summed E-state index contributed by atoms with van der Waals surface area (Å²) in [6.45, 7) is 6.31. The normalized spacial score (nSPS) is 28.7. The first kappa shape index (κ1) is 15.5. The van der Waals surface area contributed by atoms with Crippen LogP contribution in [0.25, 0.3) is 0 Å². The number of aliphatic hydroxyl groups is 1. The van der Waals surface area contributed by atoms with E-state index in [-0.39, 0.29) is 17.9 Å². The molecule has 18 heavy (non-hydrogen) atoms. The molecule has 0 bridgehead atoms. The first-order valence-electron chi connectivity index (χ1n) is 6.04. The van der Waals surface area contributed by atoms with E-state index in [4.69, 9.17) is 9.88 Å². The summed E-state index contributed by atoms with van der Waals surface area (Å²) in [6, 6.07) is 0. The molecule has 0 saturated carbocycles. The van der Waals surface area contributed by atoms with Gasteiger partial charge in [-0.3, -0.25) is 0 Å². The van der Waals surface area contributed by atoms with Gasteiger partial charge in [0.05, 0.1) is 18.7 Å². The minimum absolute atomic E-state index is 0.0174. The molecule has 6 heteroatoms. The molecule has 1 heterocycles. The van der Waals surface area contributed by atoms with Gasteiger partial charge in [0.25, 0.3) is 0 Å². The third kappa shape index (κ3) is 4.26. The molecule has 0 radical (unpaired) electrons. The van der Waals surface area contributed by atoms with Gasteiger partial charge >= 0.3 is 6.09 Å². The van der Waals surface area contributed by atoms with Crippen LogP contribution in [0.3, 0.4) is 0 Å². The van der Waals surface area contributed by atoms with Gasteiger partial charge in [-0.2, -0.15) is 5.14 Å². The highest BCUT2D eigenvalue weighted by Gasteiger charge is 2.39. The third-order valence-electron chi connectivity index (χ3n) is 2.86. The highest BCUT2D eigenvalue weighted by molar-refractivity contribution is 8.09. The van der Waals surface area contributed by atoms with Crippen LogP contribution in [0.15, 0.2) is 0 Å². The Morgan fingerprint density at radius 2 is 2.11 bits per heavy atom. The van der Waals surface area contributed by atoms with E-state index in [1.54, 1.807) is 0 Å². The van der Waals surface area contributed by atoms with Gasteiger partial charge in [-0.25, -0.2) is 4.79 Å². The summed E-state index contributed by atoms with van der Waals surface area (Å²) >= 11 is 0. The second-order valence-corrected chi connectivity index (χ2v) is 9.11. The van der Waals surface area contributed by atoms with Gasteiger partial charge in [0, 0.05) is 13.0 Å². The van der Waals surface area contributed by atoms with E-state index in [2.05, 4.69) is 5.87 Å². The van der Waals surface area contributed by atoms with E-state index in [1.807, 2.05) is 27.0 Å². The molecule has 0 aromatic carbocycles. The zero-order valence-corrected chi connectivity index (χ0v) is 12.5. The molecule has 0 aromatic heterocycles. The van der Waals surface area contributed by atoms with Crippen molar-refractivity contribution >= 4 is 21.8 Å². The van der Waals surface area contributed by atoms with Gasteiger partial charge in [0.2, 0.25) is 0 Å². The number of rotatable bonds is 1. The lowest BCUT2D eigenvalue weighted by Gasteiger charge is -2.37. The summed E-state index contributed by atoms with van der Waals surface area (Å²) in [4.78, 5) is 13.4. The van der Waals surface area contributed by atoms with Crippen molar-refractivity contribution < 1.29 is 14.6 Å². The van der Waals surface area contributed by atoms with Gasteiger partial charge in [0.15, 0.2) is 0 Å². The zero-order valence-electron chi connectivity index (χ0n) is 11.7. The number of piperidine rings is 1. The molecule has 1 fully saturated rings. The average molecular weight is 277 g/mol. The fourth-order valence-corrected chi connectivity index (χ4v) is 3.48. The van der Waals surface area contributed by atoms with Gasteiger partial charge in [-0.05, 0) is 20.8 Å². The predicted octanol–water partition coefficient (Wildman–Crippen LogP) is 0.446. The monoisotopic (exact) mass is 277 g/mol. The number of aliphatic hydroxyl groups excluding tert-OH is 1. The Bertz CT molecular complexity index is 359. The molecule has 3 unspecified atom stereocenters. The molecule has 0 spiro atoms. The zero-order chi connectivity index (χ0) is 14.1. The van der Waals surface area contributed by atoms with Crippen molar-refractivity contribution in [2.24, 2.45) is 5.14 Å². The van der Waals surface area contributed by atoms with Crippen LogP contribution in [0.1, 0.15) is 27.2 Å². The Kier molecular flexibility index (Phi) is 4.46. The Morgan fingerprint density at radius 1 is 1.56 bits per heavy atom. The van der Waals surface area contributed by atoms with Crippen LogP contribution < -0.4 is 5.14 Å². The number of nitrogens with two attached hydrogens (primary N) is 1. The molecular formula is C12H25N2O3S+. The number of nitrogens with zero attached hydrogens (tertiary/aromatic N) is 1. The minimum Gasteiger partial charge on any atom is -0.444 e. The quantitative estimate of drug-likeness (QED) is 0.539. The summed E-state index contributed by atoms with van der Waals surface area (Å²) in [7, 11) is -1.54. The van der Waals surface area contributed by atoms with Crippen molar-refractivity contribution in [3.05, 3.63) is 0 Å². The predicted molar refractivity (Wildman–Crippen MR) is 76.8 cm³/mol. The van der Waals surface area contributed by atoms with Crippen molar-refractivity contribution in [3.8, 4) is 0 Å². The number of amides is 1. The van der Waals surface area contributed by atoms with Crippen LogP contribution in [-0.4, -0.2) is 58.3 Å². The van der Waals surface area contributed by atoms with Crippen molar-refractivity contribution in [2.45, 2.75) is 44.1 Å². The molecule has 5 nitrogen and oxygen atoms in total. The van der Waals surface area contributed by atoms with E-state index in [9.17, 15) is 9.90 Å². The lowest BCUT2D eigenvalue weighted by atomic mass is 10.1. The number of carbonyl (C=O) groups excluding carboxylic acids is 1. The van der Waals surface area contributed by atoms with Crippen molar-refractivity contribution in [1.82, 2.24) is 4.90 Å². The van der Waals surface area contributed by atoms with Crippen LogP contribution in [0.5, 0.6) is 0 Å². The molecule has 3 N–H and O–H groups in total. The van der Waals surface area contributed by atoms with Crippen LogP contribution in [-0.2, 0) is 14.5 Å². The highest BCUT2D eigenvalue weighted by Crippen LogP contribution is 2.21. The second-order valence-electron chi connectivity index (χ2n) is 6.05. The summed E-state index contributed by atoms with van der Waals surface area (Å²) in [5.41, 5.74) is -0.515. The number of hydrogen-bond donors (Lipinski definition) is 2. The van der Waals surface area contributed by atoms with Crippen LogP contribution in [0, 0.1) is 0 Å². The molecule has 0 aliphatic carbocycles. The number of hydrogen-bond acceptors (Lipinski definition) is 4. The minimum atomic E-state index is -1.54. The first-order valence-corrected chi connectivity index (χ1v) is 8.38. The number of β-amino-alcohol motifs (C(OH)–C–C–N with tert-alkyl or cyclic N) is 1. The van der Waals surface area contributed by atoms with Gasteiger partial charge in [0.1, 0.15) is 17.0 Å². The lowest BCUT2D eigenvalue weighted by Crippen LogP contribution is -2.55. The molecule has 1 aliphatic heterocycles. The Balaban J connectivity index is 2.61. The van der Waals surface area contributed by atoms with E-state index in [1.165, 1.54) is 4.90 Å². The Labute approximate surface area is 110 Å². The number of carbonyl (C=O) groups is 1. The van der Waals surface area contributed by atoms with Gasteiger partial charge < -0.3 is 14.7 Å². The fraction of sp³-hybridized carbons (Fsp3) is 0.833. The molecule has 3 atom stereocenters. The third-order valence-corrected chi connectivity index (χ3v) is 4.80. The SMILES string of the molecule is C=[S+](C)(N)C1CCN(C(=O)OC(C)(C)C)CC1O. The maximum atomic E-state index is 11.9. The molecule has 1 amide bonds. The summed E-state index contributed by atoms with van der Waals surface area (Å²) in [6.07, 6.45) is 1.56. The lowest BCUT2D eigenvalue weighted by molar-refractivity contribution is 0.00513. The maximum Gasteiger partial charge on any atom is 0.410 e. The van der Waals surface area contributed by atoms with Crippen molar-refractivity contribution in [3.63, 3.8) is 0 Å². The highest BCUT2D eigenvalue weighted by atomic mass is 32.2. The number of ether oxygens (including phenoxy) is 1. The first-order chi connectivity index (χ1) is 8.00. The van der Waals surface area contributed by atoms with E-state index >= 15 is 0 Å². The van der Waals surface area contributed by atoms with E-state index < -0.39 is 21.5 Å². The molecular weight excluding hydrogens is 252 g/mol. The Morgan fingerprint density at radius 3 is 2.50 bits per heavy atom. The van der Waals surface area contributed by atoms with Gasteiger partial charge in [-0.1, -0.05) is 9.80 Å². The topological polar surface area (TPSA) is 75.8 Å². The maximum absolute atomic E-state index is 11.9. The molecule has 1 saturated heterocycles. The standard InChI is InChI=1S/C12H25N2O3S/c1-12(2,3)17-11(16)14-7-6-10(9(15)8-14)18(4,5)13/h9-10,15H,4,6-8,13H2,1-3,5H3/q+1. The fourth-order valence-electron chi connectivity index (χ4n) is 2.03. The Hall–Kier alpha value is -0.590. The average Bonchev–Trinajstić information content (AvgIpc) is 2.12. The second kappa shape index (κ2) is 5.19. The van der Waals surface area contributed by atoms with Gasteiger partial charge in [-0.15, -0.1) is 0 Å².